The smallest absolute Gasteiger partial charge is 0.200 e. The molecule has 1 aliphatic heterocycles. The topological polar surface area (TPSA) is 15.7 Å². The Hall–Kier alpha value is -1.20. The highest BCUT2D eigenvalue weighted by molar-refractivity contribution is 5.31. The lowest BCUT2D eigenvalue weighted by molar-refractivity contribution is 0.120. The van der Waals surface area contributed by atoms with E-state index in [1.54, 1.807) is 6.07 Å². The average molecular weight is 312 g/mol. The molecule has 3 nitrogen and oxygen atoms in total. The van der Waals surface area contributed by atoms with E-state index in [0.29, 0.717) is 24.1 Å². The second-order valence-corrected chi connectivity index (χ2v) is 6.37. The summed E-state index contributed by atoms with van der Waals surface area (Å²) in [5.41, 5.74) is 0.400. The molecule has 1 aliphatic rings. The number of benzene rings is 1. The van der Waals surface area contributed by atoms with Crippen LogP contribution < -0.4 is 4.74 Å². The van der Waals surface area contributed by atoms with Gasteiger partial charge >= 0.3 is 0 Å². The second kappa shape index (κ2) is 7.38. The van der Waals surface area contributed by atoms with Crippen LogP contribution in [-0.2, 0) is 6.54 Å². The average Bonchev–Trinajstić information content (AvgIpc) is 2.52. The quantitative estimate of drug-likeness (QED) is 0.831. The summed E-state index contributed by atoms with van der Waals surface area (Å²) in [7, 11) is 5.55. The summed E-state index contributed by atoms with van der Waals surface area (Å²) in [5.74, 6) is -1.05. The van der Waals surface area contributed by atoms with Gasteiger partial charge in [0.2, 0.25) is 5.82 Å². The van der Waals surface area contributed by atoms with Gasteiger partial charge in [0, 0.05) is 18.2 Å². The minimum Gasteiger partial charge on any atom is -0.494 e. The predicted molar refractivity (Wildman–Crippen MR) is 84.1 cm³/mol. The van der Waals surface area contributed by atoms with Crippen molar-refractivity contribution < 1.29 is 13.5 Å². The minimum absolute atomic E-state index is 0.0419. The fourth-order valence-electron chi connectivity index (χ4n) is 3.11. The molecule has 124 valence electrons. The molecule has 1 aromatic rings. The standard InChI is InChI=1S/C17H26F2N2O/c1-12(20(2)3)13-7-9-21(10-8-13)11-14-5-6-15(22-4)17(19)16(14)18/h5-6,12-13H,7-11H2,1-4H3. The highest BCUT2D eigenvalue weighted by Crippen LogP contribution is 2.26. The molecule has 1 fully saturated rings. The van der Waals surface area contributed by atoms with E-state index in [1.807, 2.05) is 0 Å². The first-order chi connectivity index (χ1) is 10.4. The number of ether oxygens (including phenoxy) is 1. The van der Waals surface area contributed by atoms with E-state index in [4.69, 9.17) is 4.74 Å². The Balaban J connectivity index is 1.95. The first-order valence-electron chi connectivity index (χ1n) is 7.83. The first-order valence-corrected chi connectivity index (χ1v) is 7.83. The molecule has 1 atom stereocenters. The molecule has 22 heavy (non-hydrogen) atoms. The van der Waals surface area contributed by atoms with E-state index in [1.165, 1.54) is 13.2 Å². The number of hydrogen-bond donors (Lipinski definition) is 0. The van der Waals surface area contributed by atoms with Crippen LogP contribution in [0.3, 0.4) is 0 Å². The van der Waals surface area contributed by atoms with Crippen molar-refractivity contribution >= 4 is 0 Å². The Morgan fingerprint density at radius 3 is 2.41 bits per heavy atom. The summed E-state index contributed by atoms with van der Waals surface area (Å²) in [4.78, 5) is 4.45. The van der Waals surface area contributed by atoms with Gasteiger partial charge in [-0.3, -0.25) is 4.90 Å². The van der Waals surface area contributed by atoms with Gasteiger partial charge in [0.25, 0.3) is 0 Å². The maximum Gasteiger partial charge on any atom is 0.200 e. The molecular formula is C17H26F2N2O. The van der Waals surface area contributed by atoms with Gasteiger partial charge in [-0.1, -0.05) is 6.07 Å². The van der Waals surface area contributed by atoms with E-state index < -0.39 is 11.6 Å². The Morgan fingerprint density at radius 1 is 1.23 bits per heavy atom. The molecule has 1 unspecified atom stereocenters. The third-order valence-corrected chi connectivity index (χ3v) is 4.87. The fourth-order valence-corrected chi connectivity index (χ4v) is 3.11. The molecule has 5 heteroatoms. The Kier molecular flexibility index (Phi) is 5.75. The lowest BCUT2D eigenvalue weighted by atomic mass is 9.89. The molecule has 0 radical (unpaired) electrons. The van der Waals surface area contributed by atoms with Gasteiger partial charge in [0.1, 0.15) is 0 Å². The third kappa shape index (κ3) is 3.76. The number of likely N-dealkylation sites (tertiary alicyclic amines) is 1. The minimum atomic E-state index is -0.892. The lowest BCUT2D eigenvalue weighted by Crippen LogP contribution is -2.41. The van der Waals surface area contributed by atoms with Crippen molar-refractivity contribution in [1.29, 1.82) is 0 Å². The summed E-state index contributed by atoms with van der Waals surface area (Å²) in [5, 5.41) is 0. The van der Waals surface area contributed by atoms with Crippen LogP contribution in [0, 0.1) is 17.6 Å². The molecule has 1 saturated heterocycles. The maximum absolute atomic E-state index is 14.0. The van der Waals surface area contributed by atoms with Crippen LogP contribution >= 0.6 is 0 Å². The third-order valence-electron chi connectivity index (χ3n) is 4.87. The van der Waals surface area contributed by atoms with Crippen molar-refractivity contribution in [3.63, 3.8) is 0 Å². The van der Waals surface area contributed by atoms with Gasteiger partial charge < -0.3 is 9.64 Å². The van der Waals surface area contributed by atoms with E-state index in [-0.39, 0.29) is 5.75 Å². The van der Waals surface area contributed by atoms with Gasteiger partial charge in [-0.05, 0) is 58.9 Å². The molecule has 0 bridgehead atoms. The molecule has 1 heterocycles. The van der Waals surface area contributed by atoms with Crippen molar-refractivity contribution in [3.05, 3.63) is 29.3 Å². The molecule has 0 amide bonds. The zero-order valence-corrected chi connectivity index (χ0v) is 13.9. The number of rotatable bonds is 5. The molecule has 0 aliphatic carbocycles. The summed E-state index contributed by atoms with van der Waals surface area (Å²) >= 11 is 0. The van der Waals surface area contributed by atoms with E-state index in [0.717, 1.165) is 25.9 Å². The summed E-state index contributed by atoms with van der Waals surface area (Å²) in [6, 6.07) is 3.66. The number of nitrogens with zero attached hydrogens (tertiary/aromatic N) is 2. The predicted octanol–water partition coefficient (Wildman–Crippen LogP) is 3.14. The molecule has 1 aromatic carbocycles. The lowest BCUT2D eigenvalue weighted by Gasteiger charge is -2.37. The van der Waals surface area contributed by atoms with Gasteiger partial charge in [0.15, 0.2) is 11.6 Å². The van der Waals surface area contributed by atoms with Crippen LogP contribution in [0.15, 0.2) is 12.1 Å². The van der Waals surface area contributed by atoms with Crippen LogP contribution in [0.1, 0.15) is 25.3 Å². The largest absolute Gasteiger partial charge is 0.494 e. The van der Waals surface area contributed by atoms with E-state index >= 15 is 0 Å². The molecule has 0 aromatic heterocycles. The summed E-state index contributed by atoms with van der Waals surface area (Å²) in [6.45, 7) is 4.56. The summed E-state index contributed by atoms with van der Waals surface area (Å²) < 4.78 is 32.6. The number of halogens is 2. The zero-order chi connectivity index (χ0) is 16.3. The van der Waals surface area contributed by atoms with Crippen LogP contribution in [0.4, 0.5) is 8.78 Å². The van der Waals surface area contributed by atoms with Crippen LogP contribution in [0.2, 0.25) is 0 Å². The Bertz CT molecular complexity index is 500. The van der Waals surface area contributed by atoms with Crippen molar-refractivity contribution in [2.24, 2.45) is 5.92 Å². The van der Waals surface area contributed by atoms with E-state index in [9.17, 15) is 8.78 Å². The molecule has 0 spiro atoms. The van der Waals surface area contributed by atoms with Gasteiger partial charge in [-0.25, -0.2) is 4.39 Å². The van der Waals surface area contributed by atoms with Crippen molar-refractivity contribution in [2.45, 2.75) is 32.4 Å². The maximum atomic E-state index is 14.0. The molecular weight excluding hydrogens is 286 g/mol. The normalized spacial score (nSPS) is 18.7. The highest BCUT2D eigenvalue weighted by Gasteiger charge is 2.25. The molecule has 0 N–H and O–H groups in total. The first kappa shape index (κ1) is 17.2. The van der Waals surface area contributed by atoms with Crippen molar-refractivity contribution in [3.8, 4) is 5.75 Å². The van der Waals surface area contributed by atoms with Gasteiger partial charge in [-0.2, -0.15) is 4.39 Å². The molecule has 0 saturated carbocycles. The Morgan fingerprint density at radius 2 is 1.86 bits per heavy atom. The van der Waals surface area contributed by atoms with Crippen molar-refractivity contribution in [2.75, 3.05) is 34.3 Å². The van der Waals surface area contributed by atoms with Gasteiger partial charge in [-0.15, -0.1) is 0 Å². The van der Waals surface area contributed by atoms with Crippen LogP contribution in [-0.4, -0.2) is 50.1 Å². The summed E-state index contributed by atoms with van der Waals surface area (Å²) in [6.07, 6.45) is 2.19. The van der Waals surface area contributed by atoms with Crippen LogP contribution in [0.25, 0.3) is 0 Å². The SMILES string of the molecule is COc1ccc(CN2CCC(C(C)N(C)C)CC2)c(F)c1F. The second-order valence-electron chi connectivity index (χ2n) is 6.37. The molecule has 2 rings (SSSR count). The van der Waals surface area contributed by atoms with Gasteiger partial charge in [0.05, 0.1) is 7.11 Å². The monoisotopic (exact) mass is 312 g/mol. The number of hydrogen-bond acceptors (Lipinski definition) is 3. The highest BCUT2D eigenvalue weighted by atomic mass is 19.2. The van der Waals surface area contributed by atoms with Crippen molar-refractivity contribution in [1.82, 2.24) is 9.80 Å². The number of methoxy groups -OCH3 is 1. The number of piperidine rings is 1. The van der Waals surface area contributed by atoms with Crippen LogP contribution in [0.5, 0.6) is 5.75 Å². The van der Waals surface area contributed by atoms with E-state index in [2.05, 4.69) is 30.8 Å². The zero-order valence-electron chi connectivity index (χ0n) is 13.9. The Labute approximate surface area is 131 Å². The fraction of sp³-hybridized carbons (Fsp3) is 0.647.